The van der Waals surface area contributed by atoms with Gasteiger partial charge in [-0.2, -0.15) is 10.5 Å². The molecule has 0 aliphatic carbocycles. The highest BCUT2D eigenvalue weighted by atomic mass is 16.6. The van der Waals surface area contributed by atoms with Gasteiger partial charge in [0, 0.05) is 29.3 Å². The van der Waals surface area contributed by atoms with Crippen molar-refractivity contribution in [2.75, 3.05) is 0 Å². The van der Waals surface area contributed by atoms with Crippen LogP contribution < -0.4 is 0 Å². The molecule has 0 radical (unpaired) electrons. The van der Waals surface area contributed by atoms with Crippen molar-refractivity contribution in [2.24, 2.45) is 0 Å². The number of ketones is 1. The van der Waals surface area contributed by atoms with Crippen molar-refractivity contribution in [3.8, 4) is 23.5 Å². The quantitative estimate of drug-likeness (QED) is 0.214. The first-order valence-electron chi connectivity index (χ1n) is 8.04. The van der Waals surface area contributed by atoms with Crippen molar-refractivity contribution in [3.05, 3.63) is 93.2 Å². The van der Waals surface area contributed by atoms with E-state index in [0.29, 0.717) is 16.9 Å². The minimum absolute atomic E-state index is 0.0311. The number of non-ortho nitro benzene ring substituents is 1. The smallest absolute Gasteiger partial charge is 0.270 e. The van der Waals surface area contributed by atoms with Crippen LogP contribution in [0.25, 0.3) is 17.4 Å². The van der Waals surface area contributed by atoms with Gasteiger partial charge in [0.15, 0.2) is 0 Å². The molecule has 0 amide bonds. The lowest BCUT2D eigenvalue weighted by Crippen LogP contribution is -2.02. The van der Waals surface area contributed by atoms with Crippen molar-refractivity contribution >= 4 is 17.5 Å². The van der Waals surface area contributed by atoms with E-state index in [1.807, 2.05) is 0 Å². The van der Waals surface area contributed by atoms with Crippen molar-refractivity contribution in [1.82, 2.24) is 0 Å². The van der Waals surface area contributed by atoms with Crippen molar-refractivity contribution in [1.29, 1.82) is 10.5 Å². The number of hydrogen-bond donors (Lipinski definition) is 0. The molecule has 1 heterocycles. The third-order valence-corrected chi connectivity index (χ3v) is 3.91. The van der Waals surface area contributed by atoms with Gasteiger partial charge < -0.3 is 4.42 Å². The predicted molar refractivity (Wildman–Crippen MR) is 99.9 cm³/mol. The molecule has 0 N–H and O–H groups in total. The minimum atomic E-state index is -0.651. The molecule has 3 aromatic rings. The maximum absolute atomic E-state index is 12.5. The molecule has 3 rings (SSSR count). The van der Waals surface area contributed by atoms with Gasteiger partial charge in [-0.1, -0.05) is 24.3 Å². The lowest BCUT2D eigenvalue weighted by atomic mass is 10.0. The zero-order chi connectivity index (χ0) is 20.1. The van der Waals surface area contributed by atoms with E-state index in [0.717, 1.165) is 6.07 Å². The van der Waals surface area contributed by atoms with E-state index in [2.05, 4.69) is 6.07 Å². The Bertz CT molecular complexity index is 1190. The summed E-state index contributed by atoms with van der Waals surface area (Å²) in [7, 11) is 0. The summed E-state index contributed by atoms with van der Waals surface area (Å²) in [6, 6.07) is 19.1. The summed E-state index contributed by atoms with van der Waals surface area (Å²) in [5, 5.41) is 29.4. The van der Waals surface area contributed by atoms with E-state index in [-0.39, 0.29) is 22.6 Å². The highest BCUT2D eigenvalue weighted by molar-refractivity contribution is 6.14. The zero-order valence-corrected chi connectivity index (χ0v) is 14.3. The van der Waals surface area contributed by atoms with Gasteiger partial charge in [0.1, 0.15) is 23.2 Å². The number of carbonyl (C=O) groups excluding carboxylic acids is 1. The fourth-order valence-corrected chi connectivity index (χ4v) is 2.58. The molecular formula is C21H11N3O4. The second kappa shape index (κ2) is 7.81. The lowest BCUT2D eigenvalue weighted by molar-refractivity contribution is -0.384. The Morgan fingerprint density at radius 3 is 2.57 bits per heavy atom. The number of carbonyl (C=O) groups is 1. The molecule has 0 saturated heterocycles. The van der Waals surface area contributed by atoms with Crippen molar-refractivity contribution in [2.45, 2.75) is 0 Å². The van der Waals surface area contributed by atoms with Gasteiger partial charge in [-0.15, -0.1) is 0 Å². The second-order valence-corrected chi connectivity index (χ2v) is 5.67. The molecule has 7 nitrogen and oxygen atoms in total. The molecule has 1 aromatic heterocycles. The van der Waals surface area contributed by atoms with Gasteiger partial charge in [-0.25, -0.2) is 0 Å². The van der Waals surface area contributed by atoms with Gasteiger partial charge in [-0.3, -0.25) is 14.9 Å². The van der Waals surface area contributed by atoms with Crippen LogP contribution >= 0.6 is 0 Å². The number of nitriles is 2. The Morgan fingerprint density at radius 1 is 1.07 bits per heavy atom. The van der Waals surface area contributed by atoms with Crippen LogP contribution in [-0.2, 0) is 0 Å². The van der Waals surface area contributed by atoms with Gasteiger partial charge in [-0.05, 0) is 24.3 Å². The highest BCUT2D eigenvalue weighted by Crippen LogP contribution is 2.27. The van der Waals surface area contributed by atoms with Crippen LogP contribution in [-0.4, -0.2) is 10.7 Å². The molecule has 0 bridgehead atoms. The fraction of sp³-hybridized carbons (Fsp3) is 0. The molecule has 0 aliphatic rings. The Morgan fingerprint density at radius 2 is 1.86 bits per heavy atom. The van der Waals surface area contributed by atoms with E-state index >= 15 is 0 Å². The SMILES string of the molecule is N#C/C(=C\c1ccc(-c2ccccc2C#N)o1)C(=O)c1cccc([N+](=O)[O-])c1. The number of Topliss-reactive ketones (excluding diaryl/α,β-unsaturated/α-hetero) is 1. The average molecular weight is 369 g/mol. The highest BCUT2D eigenvalue weighted by Gasteiger charge is 2.17. The van der Waals surface area contributed by atoms with Crippen LogP contribution in [0.2, 0.25) is 0 Å². The molecule has 0 spiro atoms. The summed E-state index contributed by atoms with van der Waals surface area (Å²) >= 11 is 0. The Labute approximate surface area is 159 Å². The topological polar surface area (TPSA) is 121 Å². The Hall–Kier alpha value is -4.49. The van der Waals surface area contributed by atoms with Crippen molar-refractivity contribution in [3.63, 3.8) is 0 Å². The Kier molecular flexibility index (Phi) is 5.11. The normalized spacial score (nSPS) is 10.7. The molecule has 134 valence electrons. The molecule has 2 aromatic carbocycles. The van der Waals surface area contributed by atoms with Gasteiger partial charge in [0.25, 0.3) is 5.69 Å². The molecule has 0 fully saturated rings. The number of nitro groups is 1. The average Bonchev–Trinajstić information content (AvgIpc) is 3.20. The van der Waals surface area contributed by atoms with E-state index in [1.165, 1.54) is 24.3 Å². The summed E-state index contributed by atoms with van der Waals surface area (Å²) in [5.41, 5.74) is 0.587. The molecule has 28 heavy (non-hydrogen) atoms. The van der Waals surface area contributed by atoms with Gasteiger partial charge >= 0.3 is 0 Å². The summed E-state index contributed by atoms with van der Waals surface area (Å²) in [4.78, 5) is 22.8. The number of nitrogens with zero attached hydrogens (tertiary/aromatic N) is 3. The molecule has 7 heteroatoms. The monoisotopic (exact) mass is 369 g/mol. The van der Waals surface area contributed by atoms with Crippen molar-refractivity contribution < 1.29 is 14.1 Å². The third kappa shape index (κ3) is 3.69. The number of nitro benzene ring substituents is 1. The fourth-order valence-electron chi connectivity index (χ4n) is 2.58. The number of benzene rings is 2. The summed E-state index contributed by atoms with van der Waals surface area (Å²) < 4.78 is 5.65. The molecular weight excluding hydrogens is 358 g/mol. The van der Waals surface area contributed by atoms with E-state index in [4.69, 9.17) is 4.42 Å². The maximum Gasteiger partial charge on any atom is 0.270 e. The number of allylic oxidation sites excluding steroid dienone is 1. The van der Waals surface area contributed by atoms with E-state index < -0.39 is 10.7 Å². The number of rotatable bonds is 5. The summed E-state index contributed by atoms with van der Waals surface area (Å²) in [5.74, 6) is 0.0168. The van der Waals surface area contributed by atoms with Crippen LogP contribution in [0.15, 0.2) is 70.7 Å². The lowest BCUT2D eigenvalue weighted by Gasteiger charge is -2.00. The third-order valence-electron chi connectivity index (χ3n) is 3.91. The van der Waals surface area contributed by atoms with Crippen LogP contribution in [0.4, 0.5) is 5.69 Å². The maximum atomic E-state index is 12.5. The van der Waals surface area contributed by atoms with Gasteiger partial charge in [0.2, 0.25) is 5.78 Å². The first kappa shape index (κ1) is 18.3. The first-order valence-corrected chi connectivity index (χ1v) is 8.04. The first-order chi connectivity index (χ1) is 13.5. The van der Waals surface area contributed by atoms with Crippen LogP contribution in [0.5, 0.6) is 0 Å². The Balaban J connectivity index is 1.94. The van der Waals surface area contributed by atoms with E-state index in [9.17, 15) is 25.4 Å². The number of hydrogen-bond acceptors (Lipinski definition) is 6. The predicted octanol–water partition coefficient (Wildman–Crippen LogP) is 4.52. The molecule has 0 saturated carbocycles. The number of furan rings is 1. The van der Waals surface area contributed by atoms with Crippen LogP contribution in [0.3, 0.4) is 0 Å². The summed E-state index contributed by atoms with van der Waals surface area (Å²) in [6.07, 6.45) is 1.26. The van der Waals surface area contributed by atoms with Crippen LogP contribution in [0, 0.1) is 32.8 Å². The molecule has 0 atom stereocenters. The minimum Gasteiger partial charge on any atom is -0.457 e. The largest absolute Gasteiger partial charge is 0.457 e. The standard InChI is InChI=1S/C21H11N3O4/c22-12-15-4-1-2-7-19(15)20-9-8-18(28-20)11-16(13-23)21(25)14-5-3-6-17(10-14)24(26)27/h1-11H/b16-11+. The van der Waals surface area contributed by atoms with Crippen LogP contribution in [0.1, 0.15) is 21.7 Å². The molecule has 0 aliphatic heterocycles. The summed E-state index contributed by atoms with van der Waals surface area (Å²) in [6.45, 7) is 0. The van der Waals surface area contributed by atoms with E-state index in [1.54, 1.807) is 42.5 Å². The van der Waals surface area contributed by atoms with Gasteiger partial charge in [0.05, 0.1) is 16.6 Å². The second-order valence-electron chi connectivity index (χ2n) is 5.67. The molecule has 0 unspecified atom stereocenters. The zero-order valence-electron chi connectivity index (χ0n) is 14.3.